The number of nitrogens with zero attached hydrogens (tertiary/aromatic N) is 3. The van der Waals surface area contributed by atoms with Gasteiger partial charge in [0.2, 0.25) is 5.88 Å². The highest BCUT2D eigenvalue weighted by Crippen LogP contribution is 2.47. The summed E-state index contributed by atoms with van der Waals surface area (Å²) in [5.41, 5.74) is 2.83. The third kappa shape index (κ3) is 4.18. The average molecular weight is 391 g/mol. The van der Waals surface area contributed by atoms with E-state index < -0.39 is 5.97 Å². The molecule has 2 aromatic heterocycles. The monoisotopic (exact) mass is 391 g/mol. The standard InChI is InChI=1S/C22H21N3O4/c1-13-23-11-19(14-3-5-15(6-4-14)22(26)27)21(25-13)29-12-16-9-18(16)20-8-7-17(28-2)10-24-20/h3-8,10-11,16,18H,9,12H2,1-2H3,(H,26,27). The van der Waals surface area contributed by atoms with Crippen LogP contribution in [-0.2, 0) is 0 Å². The Kier molecular flexibility index (Phi) is 5.12. The van der Waals surface area contributed by atoms with Gasteiger partial charge < -0.3 is 14.6 Å². The van der Waals surface area contributed by atoms with E-state index in [0.29, 0.717) is 30.1 Å². The highest BCUT2D eigenvalue weighted by Gasteiger charge is 2.40. The number of hydrogen-bond acceptors (Lipinski definition) is 6. The summed E-state index contributed by atoms with van der Waals surface area (Å²) in [7, 11) is 1.63. The minimum absolute atomic E-state index is 0.233. The molecule has 1 aliphatic rings. The minimum atomic E-state index is -0.958. The summed E-state index contributed by atoms with van der Waals surface area (Å²) in [6.45, 7) is 2.35. The van der Waals surface area contributed by atoms with Crippen molar-refractivity contribution < 1.29 is 19.4 Å². The van der Waals surface area contributed by atoms with E-state index >= 15 is 0 Å². The normalized spacial score (nSPS) is 17.6. The van der Waals surface area contributed by atoms with Crippen molar-refractivity contribution in [2.24, 2.45) is 5.92 Å². The molecule has 3 aromatic rings. The number of carboxylic acid groups (broad SMARTS) is 1. The van der Waals surface area contributed by atoms with E-state index in [1.54, 1.807) is 43.8 Å². The zero-order valence-corrected chi connectivity index (χ0v) is 16.2. The van der Waals surface area contributed by atoms with Gasteiger partial charge in [-0.1, -0.05) is 12.1 Å². The van der Waals surface area contributed by atoms with Gasteiger partial charge in [-0.05, 0) is 43.2 Å². The number of hydrogen-bond donors (Lipinski definition) is 1. The summed E-state index contributed by atoms with van der Waals surface area (Å²) < 4.78 is 11.2. The molecular formula is C22H21N3O4. The third-order valence-corrected chi connectivity index (χ3v) is 5.05. The molecule has 0 spiro atoms. The summed E-state index contributed by atoms with van der Waals surface area (Å²) >= 11 is 0. The summed E-state index contributed by atoms with van der Waals surface area (Å²) in [6.07, 6.45) is 4.47. The average Bonchev–Trinajstić information content (AvgIpc) is 3.52. The number of pyridine rings is 1. The predicted molar refractivity (Wildman–Crippen MR) is 106 cm³/mol. The SMILES string of the molecule is COc1ccc(C2CC2COc2nc(C)ncc2-c2ccc(C(=O)O)cc2)nc1. The molecule has 2 atom stereocenters. The zero-order valence-electron chi connectivity index (χ0n) is 16.2. The smallest absolute Gasteiger partial charge is 0.335 e. The van der Waals surface area contributed by atoms with Crippen molar-refractivity contribution in [1.82, 2.24) is 15.0 Å². The van der Waals surface area contributed by atoms with Gasteiger partial charge in [0.15, 0.2) is 0 Å². The van der Waals surface area contributed by atoms with E-state index in [9.17, 15) is 4.79 Å². The fourth-order valence-electron chi connectivity index (χ4n) is 3.26. The number of methoxy groups -OCH3 is 1. The number of ether oxygens (including phenoxy) is 2. The van der Waals surface area contributed by atoms with Crippen LogP contribution in [0.15, 0.2) is 48.8 Å². The van der Waals surface area contributed by atoms with Crippen molar-refractivity contribution in [2.45, 2.75) is 19.3 Å². The second kappa shape index (κ2) is 7.87. The molecule has 1 aliphatic carbocycles. The number of carbonyl (C=O) groups is 1. The molecule has 0 aliphatic heterocycles. The molecule has 0 amide bonds. The molecule has 0 bridgehead atoms. The molecule has 0 radical (unpaired) electrons. The van der Waals surface area contributed by atoms with Crippen LogP contribution in [0.4, 0.5) is 0 Å². The van der Waals surface area contributed by atoms with Gasteiger partial charge in [-0.15, -0.1) is 0 Å². The van der Waals surface area contributed by atoms with Crippen LogP contribution in [-0.4, -0.2) is 39.7 Å². The van der Waals surface area contributed by atoms with Gasteiger partial charge in [0.25, 0.3) is 0 Å². The Morgan fingerprint density at radius 3 is 2.59 bits per heavy atom. The minimum Gasteiger partial charge on any atom is -0.495 e. The number of aryl methyl sites for hydroxylation is 1. The molecule has 1 fully saturated rings. The van der Waals surface area contributed by atoms with Crippen molar-refractivity contribution in [1.29, 1.82) is 0 Å². The number of aromatic nitrogens is 3. The fourth-order valence-corrected chi connectivity index (χ4v) is 3.26. The predicted octanol–water partition coefficient (Wildman–Crippen LogP) is 3.74. The highest BCUT2D eigenvalue weighted by atomic mass is 16.5. The second-order valence-corrected chi connectivity index (χ2v) is 7.05. The lowest BCUT2D eigenvalue weighted by Crippen LogP contribution is -2.06. The van der Waals surface area contributed by atoms with Crippen LogP contribution < -0.4 is 9.47 Å². The van der Waals surface area contributed by atoms with Crippen molar-refractivity contribution >= 4 is 5.97 Å². The maximum absolute atomic E-state index is 11.1. The largest absolute Gasteiger partial charge is 0.495 e. The van der Waals surface area contributed by atoms with Crippen molar-refractivity contribution in [3.8, 4) is 22.8 Å². The molecule has 2 unspecified atom stereocenters. The summed E-state index contributed by atoms with van der Waals surface area (Å²) in [5.74, 6) is 1.68. The topological polar surface area (TPSA) is 94.4 Å². The molecule has 7 nitrogen and oxygen atoms in total. The van der Waals surface area contributed by atoms with Crippen molar-refractivity contribution in [2.75, 3.05) is 13.7 Å². The molecule has 2 heterocycles. The fraction of sp³-hybridized carbons (Fsp3) is 0.273. The summed E-state index contributed by atoms with van der Waals surface area (Å²) in [5, 5.41) is 9.08. The molecule has 1 N–H and O–H groups in total. The Balaban J connectivity index is 1.46. The zero-order chi connectivity index (χ0) is 20.4. The first kappa shape index (κ1) is 18.9. The van der Waals surface area contributed by atoms with Gasteiger partial charge >= 0.3 is 5.97 Å². The maximum Gasteiger partial charge on any atom is 0.335 e. The lowest BCUT2D eigenvalue weighted by Gasteiger charge is -2.11. The molecule has 0 saturated heterocycles. The molecule has 1 aromatic carbocycles. The van der Waals surface area contributed by atoms with Crippen LogP contribution in [0, 0.1) is 12.8 Å². The number of benzene rings is 1. The van der Waals surface area contributed by atoms with Gasteiger partial charge in [-0.2, -0.15) is 4.98 Å². The molecule has 7 heteroatoms. The van der Waals surface area contributed by atoms with E-state index in [2.05, 4.69) is 15.0 Å². The lowest BCUT2D eigenvalue weighted by atomic mass is 10.1. The third-order valence-electron chi connectivity index (χ3n) is 5.05. The maximum atomic E-state index is 11.1. The first-order valence-electron chi connectivity index (χ1n) is 9.35. The van der Waals surface area contributed by atoms with Crippen LogP contribution in [0.2, 0.25) is 0 Å². The number of rotatable bonds is 7. The Bertz CT molecular complexity index is 1020. The highest BCUT2D eigenvalue weighted by molar-refractivity contribution is 5.88. The van der Waals surface area contributed by atoms with E-state index in [1.807, 2.05) is 19.1 Å². The second-order valence-electron chi connectivity index (χ2n) is 7.05. The lowest BCUT2D eigenvalue weighted by molar-refractivity contribution is 0.0697. The Morgan fingerprint density at radius 1 is 1.14 bits per heavy atom. The van der Waals surface area contributed by atoms with Gasteiger partial charge in [-0.25, -0.2) is 9.78 Å². The van der Waals surface area contributed by atoms with Crippen molar-refractivity contribution in [3.63, 3.8) is 0 Å². The van der Waals surface area contributed by atoms with Crippen LogP contribution in [0.3, 0.4) is 0 Å². The van der Waals surface area contributed by atoms with E-state index in [-0.39, 0.29) is 5.56 Å². The first-order chi connectivity index (χ1) is 14.0. The first-order valence-corrected chi connectivity index (χ1v) is 9.35. The molecule has 4 rings (SSSR count). The van der Waals surface area contributed by atoms with Gasteiger partial charge in [0.1, 0.15) is 11.6 Å². The Labute approximate surface area is 168 Å². The van der Waals surface area contributed by atoms with Crippen LogP contribution in [0.5, 0.6) is 11.6 Å². The quantitative estimate of drug-likeness (QED) is 0.656. The molecular weight excluding hydrogens is 370 g/mol. The Hall–Kier alpha value is -3.48. The Morgan fingerprint density at radius 2 is 1.93 bits per heavy atom. The summed E-state index contributed by atoms with van der Waals surface area (Å²) in [6, 6.07) is 10.5. The number of aromatic carboxylic acids is 1. The molecule has 29 heavy (non-hydrogen) atoms. The number of carboxylic acids is 1. The summed E-state index contributed by atoms with van der Waals surface area (Å²) in [4.78, 5) is 24.2. The van der Waals surface area contributed by atoms with Crippen LogP contribution >= 0.6 is 0 Å². The van der Waals surface area contributed by atoms with E-state index in [0.717, 1.165) is 29.0 Å². The van der Waals surface area contributed by atoms with Gasteiger partial charge in [0, 0.05) is 23.7 Å². The molecule has 1 saturated carbocycles. The van der Waals surface area contributed by atoms with Crippen molar-refractivity contribution in [3.05, 3.63) is 65.9 Å². The molecule has 148 valence electrons. The van der Waals surface area contributed by atoms with Gasteiger partial charge in [0.05, 0.1) is 31.0 Å². The van der Waals surface area contributed by atoms with E-state index in [4.69, 9.17) is 14.6 Å². The van der Waals surface area contributed by atoms with Crippen LogP contribution in [0.25, 0.3) is 11.1 Å². The van der Waals surface area contributed by atoms with Crippen LogP contribution in [0.1, 0.15) is 34.2 Å². The van der Waals surface area contributed by atoms with Gasteiger partial charge in [-0.3, -0.25) is 4.98 Å². The van der Waals surface area contributed by atoms with E-state index in [1.165, 1.54) is 0 Å².